The zero-order valence-electron chi connectivity index (χ0n) is 18.5. The highest BCUT2D eigenvalue weighted by molar-refractivity contribution is 6.31. The number of amides is 2. The minimum Gasteiger partial charge on any atom is -0.273 e. The average Bonchev–Trinajstić information content (AvgIpc) is 3.40. The Kier molecular flexibility index (Phi) is 5.17. The van der Waals surface area contributed by atoms with Crippen molar-refractivity contribution in [1.82, 2.24) is 4.98 Å². The molecule has 3 aromatic carbocycles. The Morgan fingerprint density at radius 1 is 0.889 bits per heavy atom. The van der Waals surface area contributed by atoms with Gasteiger partial charge in [0.1, 0.15) is 11.1 Å². The number of para-hydroxylation sites is 2. The van der Waals surface area contributed by atoms with Gasteiger partial charge in [0.15, 0.2) is 6.10 Å². The smallest absolute Gasteiger partial charge is 0.269 e. The van der Waals surface area contributed by atoms with Crippen LogP contribution in [0, 0.1) is 16.0 Å². The van der Waals surface area contributed by atoms with E-state index < -0.39 is 34.8 Å². The second-order valence-electron chi connectivity index (χ2n) is 8.50. The van der Waals surface area contributed by atoms with Crippen LogP contribution in [-0.4, -0.2) is 27.8 Å². The Hall–Kier alpha value is -4.34. The Labute approximate surface area is 209 Å². The number of rotatable bonds is 4. The number of non-ortho nitro benzene ring substituents is 1. The fraction of sp³-hybridized carbons (Fsp3) is 0.115. The molecule has 178 valence electrons. The molecule has 2 fully saturated rings. The van der Waals surface area contributed by atoms with Crippen LogP contribution in [-0.2, 0) is 14.4 Å². The van der Waals surface area contributed by atoms with Gasteiger partial charge in [0, 0.05) is 23.1 Å². The van der Waals surface area contributed by atoms with Crippen LogP contribution in [0.15, 0.2) is 84.9 Å². The zero-order valence-corrected chi connectivity index (χ0v) is 19.3. The fourth-order valence-electron chi connectivity index (χ4n) is 4.82. The number of halogens is 1. The first-order chi connectivity index (χ1) is 17.4. The van der Waals surface area contributed by atoms with Crippen LogP contribution >= 0.6 is 11.6 Å². The molecule has 0 spiro atoms. The van der Waals surface area contributed by atoms with E-state index in [0.717, 1.165) is 10.3 Å². The molecular weight excluding hydrogens is 484 g/mol. The van der Waals surface area contributed by atoms with Gasteiger partial charge in [0.2, 0.25) is 5.91 Å². The quantitative estimate of drug-likeness (QED) is 0.171. The summed E-state index contributed by atoms with van der Waals surface area (Å²) >= 11 is 6.64. The van der Waals surface area contributed by atoms with E-state index in [1.165, 1.54) is 24.3 Å². The molecule has 1 aromatic heterocycles. The molecule has 2 saturated heterocycles. The van der Waals surface area contributed by atoms with E-state index >= 15 is 0 Å². The summed E-state index contributed by atoms with van der Waals surface area (Å²) in [5.41, 5.74) is 2.01. The molecule has 10 heteroatoms. The molecule has 2 aliphatic rings. The van der Waals surface area contributed by atoms with Crippen LogP contribution in [0.25, 0.3) is 10.9 Å². The van der Waals surface area contributed by atoms with Gasteiger partial charge in [-0.25, -0.2) is 14.9 Å². The van der Waals surface area contributed by atoms with E-state index in [4.69, 9.17) is 16.4 Å². The molecule has 0 radical (unpaired) electrons. The second-order valence-corrected chi connectivity index (χ2v) is 8.86. The van der Waals surface area contributed by atoms with E-state index in [1.807, 2.05) is 60.7 Å². The minimum atomic E-state index is -1.10. The Morgan fingerprint density at radius 2 is 1.58 bits per heavy atom. The highest BCUT2D eigenvalue weighted by Gasteiger charge is 2.60. The van der Waals surface area contributed by atoms with Gasteiger partial charge in [-0.3, -0.25) is 24.5 Å². The van der Waals surface area contributed by atoms with E-state index in [1.54, 1.807) is 5.06 Å². The largest absolute Gasteiger partial charge is 0.273 e. The summed E-state index contributed by atoms with van der Waals surface area (Å²) in [5, 5.41) is 13.6. The van der Waals surface area contributed by atoms with Crippen LogP contribution in [0.4, 0.5) is 17.1 Å². The molecule has 0 N–H and O–H groups in total. The topological polar surface area (TPSA) is 106 Å². The van der Waals surface area contributed by atoms with Crippen molar-refractivity contribution in [3.05, 3.63) is 106 Å². The number of carbonyl (C=O) groups excluding carboxylic acids is 2. The molecule has 4 aromatic rings. The highest BCUT2D eigenvalue weighted by Crippen LogP contribution is 2.49. The minimum absolute atomic E-state index is 0.142. The van der Waals surface area contributed by atoms with Crippen LogP contribution in [0.5, 0.6) is 0 Å². The van der Waals surface area contributed by atoms with Gasteiger partial charge < -0.3 is 0 Å². The van der Waals surface area contributed by atoms with Crippen LogP contribution in [0.2, 0.25) is 5.15 Å². The number of hydrogen-bond acceptors (Lipinski definition) is 7. The predicted molar refractivity (Wildman–Crippen MR) is 132 cm³/mol. The maximum atomic E-state index is 13.8. The predicted octanol–water partition coefficient (Wildman–Crippen LogP) is 4.85. The van der Waals surface area contributed by atoms with Crippen molar-refractivity contribution < 1.29 is 19.3 Å². The van der Waals surface area contributed by atoms with Crippen molar-refractivity contribution in [2.45, 2.75) is 12.1 Å². The van der Waals surface area contributed by atoms with Crippen molar-refractivity contribution in [2.75, 3.05) is 9.96 Å². The van der Waals surface area contributed by atoms with Crippen molar-refractivity contribution in [3.63, 3.8) is 0 Å². The number of anilines is 2. The maximum Gasteiger partial charge on any atom is 0.269 e. The number of nitro benzene ring substituents is 1. The van der Waals surface area contributed by atoms with Gasteiger partial charge >= 0.3 is 0 Å². The number of pyridine rings is 1. The SMILES string of the molecule is O=C1[C@H]2[C@@H](ON(c3ccccc3)[C@H]2c2cc3ccccc3nc2Cl)C(=O)N1c1ccc([N+](=O)[O-])cc1. The lowest BCUT2D eigenvalue weighted by Crippen LogP contribution is -2.37. The van der Waals surface area contributed by atoms with E-state index in [-0.39, 0.29) is 16.5 Å². The number of aromatic nitrogens is 1. The number of benzene rings is 3. The highest BCUT2D eigenvalue weighted by atomic mass is 35.5. The normalized spacial score (nSPS) is 21.3. The zero-order chi connectivity index (χ0) is 25.0. The number of fused-ring (bicyclic) bond motifs is 2. The van der Waals surface area contributed by atoms with Crippen LogP contribution < -0.4 is 9.96 Å². The molecule has 36 heavy (non-hydrogen) atoms. The lowest BCUT2D eigenvalue weighted by atomic mass is 9.90. The molecule has 0 unspecified atom stereocenters. The lowest BCUT2D eigenvalue weighted by molar-refractivity contribution is -0.384. The summed E-state index contributed by atoms with van der Waals surface area (Å²) in [7, 11) is 0. The molecular formula is C26H17ClN4O5. The number of nitrogens with zero attached hydrogens (tertiary/aromatic N) is 4. The average molecular weight is 501 g/mol. The number of hydrogen-bond donors (Lipinski definition) is 0. The standard InChI is InChI=1S/C26H17ClN4O5/c27-24-19(14-15-6-4-5-9-20(15)28-24)22-21-23(36-30(22)17-7-2-1-3-8-17)26(33)29(25(21)32)16-10-12-18(13-11-16)31(34)35/h1-14,21-23H/t21-,22+,23-/m1/s1. The van der Waals surface area contributed by atoms with Crippen LogP contribution in [0.1, 0.15) is 11.6 Å². The van der Waals surface area contributed by atoms with Gasteiger partial charge in [0.05, 0.1) is 27.9 Å². The van der Waals surface area contributed by atoms with Gasteiger partial charge in [-0.15, -0.1) is 0 Å². The molecule has 0 aliphatic carbocycles. The van der Waals surface area contributed by atoms with Gasteiger partial charge in [-0.05, 0) is 36.4 Å². The fourth-order valence-corrected chi connectivity index (χ4v) is 5.08. The van der Waals surface area contributed by atoms with Crippen molar-refractivity contribution >= 4 is 51.4 Å². The monoisotopic (exact) mass is 500 g/mol. The van der Waals surface area contributed by atoms with Crippen LogP contribution in [0.3, 0.4) is 0 Å². The molecule has 9 nitrogen and oxygen atoms in total. The lowest BCUT2D eigenvalue weighted by Gasteiger charge is -2.29. The van der Waals surface area contributed by atoms with Crippen molar-refractivity contribution in [1.29, 1.82) is 0 Å². The van der Waals surface area contributed by atoms with E-state index in [0.29, 0.717) is 16.8 Å². The Bertz CT molecular complexity index is 1530. The summed E-state index contributed by atoms with van der Waals surface area (Å²) in [5.74, 6) is -1.94. The third-order valence-corrected chi connectivity index (χ3v) is 6.77. The summed E-state index contributed by atoms with van der Waals surface area (Å²) in [6.45, 7) is 0. The van der Waals surface area contributed by atoms with Crippen molar-refractivity contribution in [3.8, 4) is 0 Å². The molecule has 2 aliphatic heterocycles. The van der Waals surface area contributed by atoms with E-state index in [9.17, 15) is 19.7 Å². The third-order valence-electron chi connectivity index (χ3n) is 6.47. The van der Waals surface area contributed by atoms with Gasteiger partial charge in [0.25, 0.3) is 11.6 Å². The molecule has 0 saturated carbocycles. The summed E-state index contributed by atoms with van der Waals surface area (Å²) in [6, 6.07) is 23.0. The third kappa shape index (κ3) is 3.40. The number of imide groups is 1. The van der Waals surface area contributed by atoms with E-state index in [2.05, 4.69) is 4.98 Å². The van der Waals surface area contributed by atoms with Crippen molar-refractivity contribution in [2.24, 2.45) is 5.92 Å². The summed E-state index contributed by atoms with van der Waals surface area (Å²) in [4.78, 5) is 49.4. The summed E-state index contributed by atoms with van der Waals surface area (Å²) in [6.07, 6.45) is -1.10. The first-order valence-corrected chi connectivity index (χ1v) is 11.5. The maximum absolute atomic E-state index is 13.8. The second kappa shape index (κ2) is 8.40. The Morgan fingerprint density at radius 3 is 2.31 bits per heavy atom. The first kappa shape index (κ1) is 22.1. The Balaban J connectivity index is 1.46. The van der Waals surface area contributed by atoms with Gasteiger partial charge in [-0.1, -0.05) is 48.0 Å². The number of nitro groups is 1. The number of hydroxylamine groups is 1. The van der Waals surface area contributed by atoms with Gasteiger partial charge in [-0.2, -0.15) is 0 Å². The molecule has 2 amide bonds. The first-order valence-electron chi connectivity index (χ1n) is 11.1. The molecule has 3 heterocycles. The molecule has 6 rings (SSSR count). The number of carbonyl (C=O) groups is 2. The molecule has 0 bridgehead atoms. The molecule has 3 atom stereocenters. The summed E-state index contributed by atoms with van der Waals surface area (Å²) < 4.78 is 0.